The summed E-state index contributed by atoms with van der Waals surface area (Å²) in [5.41, 5.74) is 3.21. The van der Waals surface area contributed by atoms with Gasteiger partial charge >= 0.3 is 0 Å². The highest BCUT2D eigenvalue weighted by Crippen LogP contribution is 2.62. The maximum absolute atomic E-state index is 12.5. The summed E-state index contributed by atoms with van der Waals surface area (Å²) in [7, 11) is 0. The molecule has 1 aromatic rings. The van der Waals surface area contributed by atoms with Crippen LogP contribution in [0.3, 0.4) is 0 Å². The number of nitrogens with one attached hydrogen (secondary N) is 2. The molecule has 1 saturated carbocycles. The molecule has 3 heteroatoms. The molecule has 0 unspecified atom stereocenters. The number of anilines is 1. The zero-order valence-electron chi connectivity index (χ0n) is 14.1. The van der Waals surface area contributed by atoms with E-state index in [1.54, 1.807) is 0 Å². The third-order valence-electron chi connectivity index (χ3n) is 5.35. The molecule has 116 valence electrons. The predicted molar refractivity (Wildman–Crippen MR) is 88.8 cm³/mol. The van der Waals surface area contributed by atoms with Crippen LogP contribution < -0.4 is 10.6 Å². The molecular weight excluding hydrogens is 260 g/mol. The molecule has 1 aliphatic carbocycles. The van der Waals surface area contributed by atoms with Crippen LogP contribution in [0.5, 0.6) is 0 Å². The van der Waals surface area contributed by atoms with Gasteiger partial charge in [-0.3, -0.25) is 4.79 Å². The molecule has 0 spiro atoms. The van der Waals surface area contributed by atoms with Crippen LogP contribution in [0.1, 0.15) is 57.0 Å². The summed E-state index contributed by atoms with van der Waals surface area (Å²) in [6.07, 6.45) is 1.09. The first-order valence-electron chi connectivity index (χ1n) is 7.87. The van der Waals surface area contributed by atoms with E-state index in [1.165, 1.54) is 0 Å². The minimum absolute atomic E-state index is 0.0400. The Morgan fingerprint density at radius 1 is 1.19 bits per heavy atom. The number of rotatable bonds is 5. The Morgan fingerprint density at radius 3 is 2.29 bits per heavy atom. The summed E-state index contributed by atoms with van der Waals surface area (Å²) in [6, 6.07) is 6.20. The normalized spacial score (nSPS) is 19.1. The first-order valence-corrected chi connectivity index (χ1v) is 7.87. The maximum Gasteiger partial charge on any atom is 0.251 e. The highest BCUT2D eigenvalue weighted by molar-refractivity contribution is 5.96. The second kappa shape index (κ2) is 5.36. The van der Waals surface area contributed by atoms with Crippen LogP contribution in [0.25, 0.3) is 0 Å². The molecule has 0 radical (unpaired) electrons. The van der Waals surface area contributed by atoms with Gasteiger partial charge in [0.25, 0.3) is 5.91 Å². The second-order valence-electron chi connectivity index (χ2n) is 7.31. The Hall–Kier alpha value is -1.51. The Kier molecular flexibility index (Phi) is 4.05. The van der Waals surface area contributed by atoms with Gasteiger partial charge in [-0.2, -0.15) is 0 Å². The SMILES string of the molecule is CCCNc1ccc(C(=O)NC2C(C)(C)C2(C)C)c(C)c1. The average Bonchev–Trinajstić information content (AvgIpc) is 2.78. The molecule has 0 heterocycles. The van der Waals surface area contributed by atoms with Crippen LogP contribution in [0.15, 0.2) is 18.2 Å². The Labute approximate surface area is 128 Å². The van der Waals surface area contributed by atoms with Gasteiger partial charge in [-0.25, -0.2) is 0 Å². The van der Waals surface area contributed by atoms with Crippen LogP contribution in [0.2, 0.25) is 0 Å². The Balaban J connectivity index is 2.07. The van der Waals surface area contributed by atoms with Crippen LogP contribution >= 0.6 is 0 Å². The molecule has 3 nitrogen and oxygen atoms in total. The summed E-state index contributed by atoms with van der Waals surface area (Å²) in [4.78, 5) is 12.5. The van der Waals surface area contributed by atoms with Gasteiger partial charge in [0.1, 0.15) is 0 Å². The molecule has 2 rings (SSSR count). The molecule has 2 N–H and O–H groups in total. The summed E-state index contributed by atoms with van der Waals surface area (Å²) >= 11 is 0. The van der Waals surface area contributed by atoms with Gasteiger partial charge in [0.2, 0.25) is 0 Å². The monoisotopic (exact) mass is 288 g/mol. The Morgan fingerprint density at radius 2 is 1.81 bits per heavy atom. The molecule has 1 aromatic carbocycles. The quantitative estimate of drug-likeness (QED) is 0.860. The van der Waals surface area contributed by atoms with Crippen molar-refractivity contribution in [2.45, 2.75) is 54.0 Å². The van der Waals surface area contributed by atoms with Crippen molar-refractivity contribution in [2.24, 2.45) is 10.8 Å². The van der Waals surface area contributed by atoms with Crippen molar-refractivity contribution in [1.29, 1.82) is 0 Å². The van der Waals surface area contributed by atoms with Crippen molar-refractivity contribution >= 4 is 11.6 Å². The third-order valence-corrected chi connectivity index (χ3v) is 5.35. The predicted octanol–water partition coefficient (Wildman–Crippen LogP) is 3.98. The number of benzene rings is 1. The zero-order chi connectivity index (χ0) is 15.8. The average molecular weight is 288 g/mol. The molecule has 0 aliphatic heterocycles. The van der Waals surface area contributed by atoms with Gasteiger partial charge < -0.3 is 10.6 Å². The minimum Gasteiger partial charge on any atom is -0.385 e. The van der Waals surface area contributed by atoms with Crippen molar-refractivity contribution in [3.63, 3.8) is 0 Å². The summed E-state index contributed by atoms with van der Waals surface area (Å²) in [5, 5.41) is 6.54. The molecule has 0 bridgehead atoms. The molecule has 1 amide bonds. The number of amides is 1. The number of aryl methyl sites for hydroxylation is 1. The van der Waals surface area contributed by atoms with Crippen molar-refractivity contribution < 1.29 is 4.79 Å². The molecule has 1 aliphatic rings. The lowest BCUT2D eigenvalue weighted by Gasteiger charge is -2.11. The van der Waals surface area contributed by atoms with Gasteiger partial charge in [-0.05, 0) is 47.9 Å². The van der Waals surface area contributed by atoms with E-state index in [0.717, 1.165) is 29.8 Å². The van der Waals surface area contributed by atoms with E-state index in [2.05, 4.69) is 45.3 Å². The fourth-order valence-electron chi connectivity index (χ4n) is 3.06. The van der Waals surface area contributed by atoms with E-state index in [4.69, 9.17) is 0 Å². The van der Waals surface area contributed by atoms with Gasteiger partial charge in [0, 0.05) is 23.8 Å². The summed E-state index contributed by atoms with van der Waals surface area (Å²) < 4.78 is 0. The fourth-order valence-corrected chi connectivity index (χ4v) is 3.06. The van der Waals surface area contributed by atoms with Crippen molar-refractivity contribution in [3.05, 3.63) is 29.3 Å². The van der Waals surface area contributed by atoms with E-state index in [0.29, 0.717) is 0 Å². The largest absolute Gasteiger partial charge is 0.385 e. The molecule has 0 saturated heterocycles. The van der Waals surface area contributed by atoms with E-state index in [-0.39, 0.29) is 22.8 Å². The van der Waals surface area contributed by atoms with Gasteiger partial charge in [0.15, 0.2) is 0 Å². The lowest BCUT2D eigenvalue weighted by Crippen LogP contribution is -2.30. The highest BCUT2D eigenvalue weighted by atomic mass is 16.1. The lowest BCUT2D eigenvalue weighted by molar-refractivity contribution is 0.0943. The molecule has 0 aromatic heterocycles. The molecule has 21 heavy (non-hydrogen) atoms. The topological polar surface area (TPSA) is 41.1 Å². The number of hydrogen-bond donors (Lipinski definition) is 2. The first kappa shape index (κ1) is 15.9. The van der Waals surface area contributed by atoms with E-state index in [1.807, 2.05) is 25.1 Å². The minimum atomic E-state index is 0.0400. The third kappa shape index (κ3) is 2.78. The van der Waals surface area contributed by atoms with Gasteiger partial charge in [-0.1, -0.05) is 34.6 Å². The Bertz CT molecular complexity index is 532. The maximum atomic E-state index is 12.5. The van der Waals surface area contributed by atoms with Crippen molar-refractivity contribution in [1.82, 2.24) is 5.32 Å². The van der Waals surface area contributed by atoms with Crippen LogP contribution in [0, 0.1) is 17.8 Å². The van der Waals surface area contributed by atoms with Crippen molar-refractivity contribution in [2.75, 3.05) is 11.9 Å². The highest BCUT2D eigenvalue weighted by Gasteiger charge is 2.65. The van der Waals surface area contributed by atoms with Crippen LogP contribution in [-0.4, -0.2) is 18.5 Å². The van der Waals surface area contributed by atoms with E-state index >= 15 is 0 Å². The van der Waals surface area contributed by atoms with Crippen LogP contribution in [-0.2, 0) is 0 Å². The van der Waals surface area contributed by atoms with Crippen molar-refractivity contribution in [3.8, 4) is 0 Å². The fraction of sp³-hybridized carbons (Fsp3) is 0.611. The number of carbonyl (C=O) groups excluding carboxylic acids is 1. The second-order valence-corrected chi connectivity index (χ2v) is 7.31. The summed E-state index contributed by atoms with van der Waals surface area (Å²) in [5.74, 6) is 0.0400. The van der Waals surface area contributed by atoms with Gasteiger partial charge in [-0.15, -0.1) is 0 Å². The molecule has 0 atom stereocenters. The standard InChI is InChI=1S/C18H28N2O/c1-7-10-19-13-8-9-14(12(2)11-13)15(21)20-16-17(3,4)18(16,5)6/h8-9,11,16,19H,7,10H2,1-6H3,(H,20,21). The molecular formula is C18H28N2O. The van der Waals surface area contributed by atoms with Gasteiger partial charge in [0.05, 0.1) is 0 Å². The first-order chi connectivity index (χ1) is 9.71. The van der Waals surface area contributed by atoms with E-state index in [9.17, 15) is 4.79 Å². The lowest BCUT2D eigenvalue weighted by atomic mass is 10.0. The summed E-state index contributed by atoms with van der Waals surface area (Å²) in [6.45, 7) is 13.9. The van der Waals surface area contributed by atoms with Crippen LogP contribution in [0.4, 0.5) is 5.69 Å². The zero-order valence-corrected chi connectivity index (χ0v) is 14.1. The van der Waals surface area contributed by atoms with E-state index < -0.39 is 0 Å². The number of hydrogen-bond acceptors (Lipinski definition) is 2. The molecule has 1 fully saturated rings. The number of carbonyl (C=O) groups is 1. The smallest absolute Gasteiger partial charge is 0.251 e.